The average Bonchev–Trinajstić information content (AvgIpc) is 2.26. The average molecular weight is 227 g/mol. The van der Waals surface area contributed by atoms with Crippen molar-refractivity contribution in [3.63, 3.8) is 0 Å². The third-order valence-corrected chi connectivity index (χ3v) is 2.01. The zero-order valence-electron chi connectivity index (χ0n) is 9.69. The minimum atomic E-state index is -1.19. The van der Waals surface area contributed by atoms with E-state index in [4.69, 9.17) is 9.84 Å². The minimum absolute atomic E-state index is 0.163. The molecule has 1 aromatic rings. The number of hydrogen-bond acceptors (Lipinski definition) is 6. The Morgan fingerprint density at radius 3 is 2.75 bits per heavy atom. The molecule has 0 aliphatic carbocycles. The van der Waals surface area contributed by atoms with Gasteiger partial charge in [-0.25, -0.2) is 4.98 Å². The minimum Gasteiger partial charge on any atom is -0.481 e. The number of methoxy groups -OCH3 is 1. The Kier molecular flexibility index (Phi) is 4.03. The van der Waals surface area contributed by atoms with Crippen molar-refractivity contribution in [1.29, 1.82) is 0 Å². The molecule has 90 valence electrons. The number of aryl methyl sites for hydroxylation is 1. The van der Waals surface area contributed by atoms with Crippen molar-refractivity contribution in [1.82, 2.24) is 9.97 Å². The largest absolute Gasteiger partial charge is 0.481 e. The van der Waals surface area contributed by atoms with Crippen LogP contribution in [0.4, 0.5) is 5.95 Å². The van der Waals surface area contributed by atoms with Gasteiger partial charge in [0.15, 0.2) is 0 Å². The molecule has 0 saturated carbocycles. The number of aliphatic hydroxyl groups excluding tert-OH is 1. The van der Waals surface area contributed by atoms with Crippen molar-refractivity contribution in [2.75, 3.05) is 25.6 Å². The second-order valence-electron chi connectivity index (χ2n) is 3.88. The van der Waals surface area contributed by atoms with E-state index < -0.39 is 5.60 Å². The Morgan fingerprint density at radius 2 is 2.19 bits per heavy atom. The topological polar surface area (TPSA) is 87.5 Å². The summed E-state index contributed by atoms with van der Waals surface area (Å²) in [6.07, 6.45) is 0. The number of hydrogen-bond donors (Lipinski definition) is 3. The molecule has 1 rings (SSSR count). The third-order valence-electron chi connectivity index (χ3n) is 2.01. The summed E-state index contributed by atoms with van der Waals surface area (Å²) >= 11 is 0. The quantitative estimate of drug-likeness (QED) is 0.653. The summed E-state index contributed by atoms with van der Waals surface area (Å²) in [7, 11) is 1.52. The van der Waals surface area contributed by atoms with Crippen LogP contribution in [-0.2, 0) is 0 Å². The van der Waals surface area contributed by atoms with Gasteiger partial charge >= 0.3 is 0 Å². The molecule has 1 heterocycles. The van der Waals surface area contributed by atoms with Crippen molar-refractivity contribution in [3.05, 3.63) is 11.8 Å². The molecule has 6 nitrogen and oxygen atoms in total. The molecule has 1 atom stereocenters. The Balaban J connectivity index is 2.70. The van der Waals surface area contributed by atoms with Crippen molar-refractivity contribution in [3.8, 4) is 5.88 Å². The predicted molar refractivity (Wildman–Crippen MR) is 59.5 cm³/mol. The predicted octanol–water partition coefficient (Wildman–Crippen LogP) is -0.0512. The van der Waals surface area contributed by atoms with Gasteiger partial charge in [-0.3, -0.25) is 0 Å². The maximum atomic E-state index is 9.58. The fourth-order valence-electron chi connectivity index (χ4n) is 1.05. The number of anilines is 1. The normalized spacial score (nSPS) is 14.3. The molecule has 0 aliphatic rings. The molecule has 0 saturated heterocycles. The van der Waals surface area contributed by atoms with Crippen LogP contribution in [-0.4, -0.2) is 46.0 Å². The van der Waals surface area contributed by atoms with E-state index >= 15 is 0 Å². The van der Waals surface area contributed by atoms with Crippen LogP contribution >= 0.6 is 0 Å². The summed E-state index contributed by atoms with van der Waals surface area (Å²) in [5.41, 5.74) is -0.432. The first-order valence-corrected chi connectivity index (χ1v) is 4.93. The summed E-state index contributed by atoms with van der Waals surface area (Å²) < 4.78 is 4.99. The van der Waals surface area contributed by atoms with E-state index in [9.17, 15) is 5.11 Å². The van der Waals surface area contributed by atoms with Crippen LogP contribution in [0.25, 0.3) is 0 Å². The second kappa shape index (κ2) is 5.09. The molecule has 0 bridgehead atoms. The van der Waals surface area contributed by atoms with E-state index in [2.05, 4.69) is 15.3 Å². The summed E-state index contributed by atoms with van der Waals surface area (Å²) in [6, 6.07) is 1.70. The summed E-state index contributed by atoms with van der Waals surface area (Å²) in [6.45, 7) is 3.17. The van der Waals surface area contributed by atoms with Crippen LogP contribution in [0.15, 0.2) is 6.07 Å². The molecule has 3 N–H and O–H groups in total. The smallest absolute Gasteiger partial charge is 0.226 e. The number of nitrogens with zero attached hydrogens (tertiary/aromatic N) is 2. The van der Waals surface area contributed by atoms with Gasteiger partial charge in [-0.1, -0.05) is 0 Å². The van der Waals surface area contributed by atoms with E-state index in [1.807, 2.05) is 6.92 Å². The number of aromatic nitrogens is 2. The van der Waals surface area contributed by atoms with Gasteiger partial charge < -0.3 is 20.3 Å². The molecule has 16 heavy (non-hydrogen) atoms. The standard InChI is InChI=1S/C10H17N3O3/c1-7-4-8(16-3)13-9(12-7)11-5-10(2,15)6-14/h4,14-15H,5-6H2,1-3H3,(H,11,12,13). The van der Waals surface area contributed by atoms with Crippen molar-refractivity contribution < 1.29 is 14.9 Å². The number of aliphatic hydroxyl groups is 2. The monoisotopic (exact) mass is 227 g/mol. The number of nitrogens with one attached hydrogen (secondary N) is 1. The fraction of sp³-hybridized carbons (Fsp3) is 0.600. The first-order valence-electron chi connectivity index (χ1n) is 4.93. The molecule has 0 amide bonds. The van der Waals surface area contributed by atoms with Gasteiger partial charge in [0, 0.05) is 18.3 Å². The third kappa shape index (κ3) is 3.63. The molecule has 1 aromatic heterocycles. The zero-order valence-corrected chi connectivity index (χ0v) is 9.69. The molecule has 0 aliphatic heterocycles. The Labute approximate surface area is 94.3 Å². The van der Waals surface area contributed by atoms with Crippen LogP contribution < -0.4 is 10.1 Å². The molecular formula is C10H17N3O3. The lowest BCUT2D eigenvalue weighted by Crippen LogP contribution is -2.37. The van der Waals surface area contributed by atoms with Gasteiger partial charge in [-0.15, -0.1) is 0 Å². The Morgan fingerprint density at radius 1 is 1.50 bits per heavy atom. The highest BCUT2D eigenvalue weighted by molar-refractivity contribution is 5.30. The first kappa shape index (κ1) is 12.7. The Hall–Kier alpha value is -1.40. The van der Waals surface area contributed by atoms with Crippen LogP contribution in [0.3, 0.4) is 0 Å². The highest BCUT2D eigenvalue weighted by Gasteiger charge is 2.19. The van der Waals surface area contributed by atoms with Gasteiger partial charge in [0.2, 0.25) is 11.8 Å². The van der Waals surface area contributed by atoms with E-state index in [0.717, 1.165) is 5.69 Å². The highest BCUT2D eigenvalue weighted by Crippen LogP contribution is 2.12. The number of ether oxygens (including phenoxy) is 1. The lowest BCUT2D eigenvalue weighted by molar-refractivity contribution is 0.0131. The van der Waals surface area contributed by atoms with Crippen LogP contribution in [0.5, 0.6) is 5.88 Å². The highest BCUT2D eigenvalue weighted by atomic mass is 16.5. The van der Waals surface area contributed by atoms with E-state index in [-0.39, 0.29) is 13.2 Å². The van der Waals surface area contributed by atoms with Crippen LogP contribution in [0.1, 0.15) is 12.6 Å². The summed E-state index contributed by atoms with van der Waals surface area (Å²) in [5.74, 6) is 0.823. The Bertz CT molecular complexity index is 355. The van der Waals surface area contributed by atoms with Crippen LogP contribution in [0, 0.1) is 6.92 Å². The molecule has 0 spiro atoms. The number of rotatable bonds is 5. The van der Waals surface area contributed by atoms with Gasteiger partial charge in [-0.2, -0.15) is 4.98 Å². The van der Waals surface area contributed by atoms with Crippen LogP contribution in [0.2, 0.25) is 0 Å². The maximum absolute atomic E-state index is 9.58. The van der Waals surface area contributed by atoms with E-state index in [1.54, 1.807) is 6.07 Å². The van der Waals surface area contributed by atoms with Gasteiger partial charge in [0.25, 0.3) is 0 Å². The lowest BCUT2D eigenvalue weighted by atomic mass is 10.1. The van der Waals surface area contributed by atoms with Gasteiger partial charge in [0.05, 0.1) is 13.7 Å². The molecule has 0 fully saturated rings. The lowest BCUT2D eigenvalue weighted by Gasteiger charge is -2.20. The molecule has 0 radical (unpaired) electrons. The van der Waals surface area contributed by atoms with E-state index in [1.165, 1.54) is 14.0 Å². The molecule has 0 aromatic carbocycles. The van der Waals surface area contributed by atoms with E-state index in [0.29, 0.717) is 11.8 Å². The first-order chi connectivity index (χ1) is 7.46. The zero-order chi connectivity index (χ0) is 12.2. The summed E-state index contributed by atoms with van der Waals surface area (Å²) in [4.78, 5) is 8.18. The maximum Gasteiger partial charge on any atom is 0.226 e. The molecular weight excluding hydrogens is 210 g/mol. The molecule has 6 heteroatoms. The second-order valence-corrected chi connectivity index (χ2v) is 3.88. The van der Waals surface area contributed by atoms with Crippen molar-refractivity contribution in [2.45, 2.75) is 19.4 Å². The van der Waals surface area contributed by atoms with Crippen molar-refractivity contribution in [2.24, 2.45) is 0 Å². The fourth-order valence-corrected chi connectivity index (χ4v) is 1.05. The van der Waals surface area contributed by atoms with Crippen molar-refractivity contribution >= 4 is 5.95 Å². The SMILES string of the molecule is COc1cc(C)nc(NCC(C)(O)CO)n1. The molecule has 1 unspecified atom stereocenters. The van der Waals surface area contributed by atoms with Gasteiger partial charge in [-0.05, 0) is 13.8 Å². The van der Waals surface area contributed by atoms with Gasteiger partial charge in [0.1, 0.15) is 5.60 Å². The summed E-state index contributed by atoms with van der Waals surface area (Å²) in [5, 5.41) is 21.3.